The van der Waals surface area contributed by atoms with Crippen molar-refractivity contribution in [3.63, 3.8) is 0 Å². The predicted molar refractivity (Wildman–Crippen MR) is 182 cm³/mol. The number of hydrogen-bond acceptors (Lipinski definition) is 9. The van der Waals surface area contributed by atoms with Crippen LogP contribution in [0.2, 0.25) is 0 Å². The summed E-state index contributed by atoms with van der Waals surface area (Å²) in [5, 5.41) is 16.4. The van der Waals surface area contributed by atoms with Crippen molar-refractivity contribution in [3.05, 3.63) is 55.1 Å². The number of amides is 3. The number of carbonyl (C=O) groups excluding carboxylic acids is 3. The number of allylic oxidation sites excluding steroid dienone is 1. The van der Waals surface area contributed by atoms with Crippen LogP contribution in [0.5, 0.6) is 11.5 Å². The summed E-state index contributed by atoms with van der Waals surface area (Å²) < 4.78 is 19.3. The van der Waals surface area contributed by atoms with E-state index < -0.39 is 53.2 Å². The number of pyridine rings is 1. The fourth-order valence-corrected chi connectivity index (χ4v) is 6.69. The molecule has 1 aliphatic carbocycles. The second kappa shape index (κ2) is 14.0. The Balaban J connectivity index is 1.34. The molecule has 0 bridgehead atoms. The first-order valence-corrected chi connectivity index (χ1v) is 17.0. The fraction of sp³-hybridized carbons (Fsp3) is 0.500. The summed E-state index contributed by atoms with van der Waals surface area (Å²) in [4.78, 5) is 64.1. The lowest BCUT2D eigenvalue weighted by molar-refractivity contribution is -0.145. The van der Waals surface area contributed by atoms with Crippen LogP contribution in [0.3, 0.4) is 0 Å². The van der Waals surface area contributed by atoms with E-state index in [1.807, 2.05) is 18.2 Å². The highest BCUT2D eigenvalue weighted by atomic mass is 16.6. The van der Waals surface area contributed by atoms with E-state index in [-0.39, 0.29) is 25.3 Å². The number of benzene rings is 1. The van der Waals surface area contributed by atoms with Crippen molar-refractivity contribution in [3.8, 4) is 17.3 Å². The predicted octanol–water partition coefficient (Wildman–Crippen LogP) is 4.15. The summed E-state index contributed by atoms with van der Waals surface area (Å²) in [7, 11) is 1.57. The van der Waals surface area contributed by atoms with Crippen molar-refractivity contribution in [2.45, 2.75) is 95.0 Å². The Kier molecular flexibility index (Phi) is 9.72. The number of fused-ring (bicyclic) bond motifs is 3. The number of ether oxygens (including phenoxy) is 3. The van der Waals surface area contributed by atoms with Gasteiger partial charge in [-0.3, -0.25) is 14.2 Å². The number of nitrogens with one attached hydrogen (secondary N) is 2. The summed E-state index contributed by atoms with van der Waals surface area (Å²) in [6.45, 7) is 5.23. The van der Waals surface area contributed by atoms with Crippen molar-refractivity contribution >= 4 is 34.8 Å². The van der Waals surface area contributed by atoms with E-state index in [0.717, 1.165) is 19.3 Å². The molecule has 4 unspecified atom stereocenters. The third-order valence-electron chi connectivity index (χ3n) is 9.34. The van der Waals surface area contributed by atoms with Crippen LogP contribution in [0.15, 0.2) is 55.1 Å². The van der Waals surface area contributed by atoms with Gasteiger partial charge in [0.15, 0.2) is 0 Å². The minimum absolute atomic E-state index is 0.0210. The van der Waals surface area contributed by atoms with Crippen LogP contribution in [-0.4, -0.2) is 91.4 Å². The molecule has 3 amide bonds. The zero-order chi connectivity index (χ0) is 35.6. The van der Waals surface area contributed by atoms with E-state index in [1.54, 1.807) is 69.4 Å². The average Bonchev–Trinajstić information content (AvgIpc) is 3.38. The maximum absolute atomic E-state index is 14.4. The van der Waals surface area contributed by atoms with Crippen LogP contribution in [-0.2, 0) is 19.1 Å². The molecule has 4 heterocycles. The SMILES string of the molecule is COc1ccc2c(O[C@@H]3CC4C(=O)NC5(C(=O)O)CC5/C=C\CCCCCC(NC(=O)OC(C)(C)C)C(=O)N4C3)cc(-n3ccnc3)nc2c1. The van der Waals surface area contributed by atoms with Gasteiger partial charge in [-0.2, -0.15) is 0 Å². The molecule has 1 saturated carbocycles. The maximum Gasteiger partial charge on any atom is 0.408 e. The van der Waals surface area contributed by atoms with E-state index in [4.69, 9.17) is 19.2 Å². The normalized spacial score (nSPS) is 26.4. The van der Waals surface area contributed by atoms with Crippen LogP contribution in [0.1, 0.15) is 65.7 Å². The Morgan fingerprint density at radius 3 is 2.68 bits per heavy atom. The number of carboxylic acids is 1. The van der Waals surface area contributed by atoms with E-state index >= 15 is 0 Å². The average molecular weight is 689 g/mol. The summed E-state index contributed by atoms with van der Waals surface area (Å²) in [5.41, 5.74) is -1.63. The standard InChI is InChI=1S/C36H44N6O8/c1-35(2,3)50-34(47)39-26-11-9-7-5-6-8-10-22-19-36(22,33(45)46)40-31(43)28-17-24(20-42(28)32(26)44)49-29-18-30(41-15-14-37-21-41)38-27-16-23(48-4)12-13-25(27)29/h8,10,12-16,18,21-22,24,26,28H,5-7,9,11,17,19-20H2,1-4H3,(H,39,47)(H,40,43)(H,45,46)/b10-8-/t22?,24-,26?,28?,36?/m1/s1. The molecule has 2 aromatic heterocycles. The molecule has 1 aromatic carbocycles. The monoisotopic (exact) mass is 688 g/mol. The Hall–Kier alpha value is -5.14. The molecule has 0 radical (unpaired) electrons. The molecule has 50 heavy (non-hydrogen) atoms. The molecule has 5 atom stereocenters. The van der Waals surface area contributed by atoms with Gasteiger partial charge in [0.2, 0.25) is 11.8 Å². The van der Waals surface area contributed by atoms with Crippen molar-refractivity contribution in [1.29, 1.82) is 0 Å². The zero-order valence-electron chi connectivity index (χ0n) is 28.8. The van der Waals surface area contributed by atoms with Crippen molar-refractivity contribution in [2.24, 2.45) is 5.92 Å². The first-order valence-electron chi connectivity index (χ1n) is 17.0. The third-order valence-corrected chi connectivity index (χ3v) is 9.34. The van der Waals surface area contributed by atoms with E-state index in [1.165, 1.54) is 4.90 Å². The minimum atomic E-state index is -1.45. The molecule has 0 spiro atoms. The Bertz CT molecular complexity index is 1790. The van der Waals surface area contributed by atoms with Gasteiger partial charge in [-0.25, -0.2) is 19.6 Å². The molecule has 2 aliphatic heterocycles. The van der Waals surface area contributed by atoms with Crippen LogP contribution in [0.4, 0.5) is 4.79 Å². The fourth-order valence-electron chi connectivity index (χ4n) is 6.69. The van der Waals surface area contributed by atoms with Crippen LogP contribution in [0, 0.1) is 5.92 Å². The van der Waals surface area contributed by atoms with Crippen molar-refractivity contribution in [1.82, 2.24) is 30.1 Å². The number of aliphatic carboxylic acids is 1. The second-order valence-electron chi connectivity index (χ2n) is 14.2. The smallest absolute Gasteiger partial charge is 0.408 e. The number of hydrogen-bond donors (Lipinski definition) is 3. The molecule has 266 valence electrons. The molecule has 1 saturated heterocycles. The second-order valence-corrected chi connectivity index (χ2v) is 14.2. The topological polar surface area (TPSA) is 174 Å². The van der Waals surface area contributed by atoms with Gasteiger partial charge in [-0.1, -0.05) is 25.0 Å². The zero-order valence-corrected chi connectivity index (χ0v) is 28.8. The van der Waals surface area contributed by atoms with Gasteiger partial charge < -0.3 is 34.9 Å². The summed E-state index contributed by atoms with van der Waals surface area (Å²) in [6, 6.07) is 5.16. The first-order chi connectivity index (χ1) is 23.9. The van der Waals surface area contributed by atoms with Gasteiger partial charge in [0.05, 0.1) is 19.2 Å². The maximum atomic E-state index is 14.4. The van der Waals surface area contributed by atoms with Gasteiger partial charge in [-0.05, 0) is 58.6 Å². The van der Waals surface area contributed by atoms with Gasteiger partial charge in [0.25, 0.3) is 0 Å². The molecule has 14 heteroatoms. The molecule has 3 aromatic rings. The summed E-state index contributed by atoms with van der Waals surface area (Å²) in [5.74, 6) is -0.902. The number of nitrogens with zero attached hydrogens (tertiary/aromatic N) is 4. The Labute approximate surface area is 290 Å². The first kappa shape index (κ1) is 34.7. The lowest BCUT2D eigenvalue weighted by Gasteiger charge is -2.30. The molecule has 3 aliphatic rings. The van der Waals surface area contributed by atoms with Crippen LogP contribution >= 0.6 is 0 Å². The lowest BCUT2D eigenvalue weighted by atomic mass is 10.0. The largest absolute Gasteiger partial charge is 0.497 e. The highest BCUT2D eigenvalue weighted by Gasteiger charge is 2.61. The third kappa shape index (κ3) is 7.53. The number of carbonyl (C=O) groups is 4. The molecule has 2 fully saturated rings. The molecule has 14 nitrogen and oxygen atoms in total. The quantitative estimate of drug-likeness (QED) is 0.319. The number of carboxylic acid groups (broad SMARTS) is 1. The molecule has 3 N–H and O–H groups in total. The highest BCUT2D eigenvalue weighted by molar-refractivity contribution is 5.96. The van der Waals surface area contributed by atoms with Crippen molar-refractivity contribution < 1.29 is 38.5 Å². The van der Waals surface area contributed by atoms with E-state index in [0.29, 0.717) is 41.1 Å². The Morgan fingerprint density at radius 2 is 1.96 bits per heavy atom. The van der Waals surface area contributed by atoms with E-state index in [9.17, 15) is 24.3 Å². The van der Waals surface area contributed by atoms with Gasteiger partial charge >= 0.3 is 12.1 Å². The minimum Gasteiger partial charge on any atom is -0.497 e. The van der Waals surface area contributed by atoms with E-state index in [2.05, 4.69) is 15.6 Å². The number of rotatable bonds is 6. The van der Waals surface area contributed by atoms with Gasteiger partial charge in [0, 0.05) is 42.3 Å². The molecular formula is C36H44N6O8. The molecule has 6 rings (SSSR count). The lowest BCUT2D eigenvalue weighted by Crippen LogP contribution is -2.56. The highest BCUT2D eigenvalue weighted by Crippen LogP contribution is 2.45. The van der Waals surface area contributed by atoms with Crippen LogP contribution < -0.4 is 20.1 Å². The van der Waals surface area contributed by atoms with Crippen LogP contribution in [0.25, 0.3) is 16.7 Å². The number of alkyl carbamates (subject to hydrolysis) is 1. The molecular weight excluding hydrogens is 644 g/mol. The number of methoxy groups -OCH3 is 1. The van der Waals surface area contributed by atoms with Crippen molar-refractivity contribution in [2.75, 3.05) is 13.7 Å². The summed E-state index contributed by atoms with van der Waals surface area (Å²) >= 11 is 0. The summed E-state index contributed by atoms with van der Waals surface area (Å²) in [6.07, 6.45) is 11.1. The van der Waals surface area contributed by atoms with Gasteiger partial charge in [-0.15, -0.1) is 0 Å². The Morgan fingerprint density at radius 1 is 1.14 bits per heavy atom. The van der Waals surface area contributed by atoms with Gasteiger partial charge in [0.1, 0.15) is 53.0 Å². The number of imidazole rings is 1. The number of aromatic nitrogens is 3.